The second-order valence-electron chi connectivity index (χ2n) is 5.70. The second kappa shape index (κ2) is 9.26. The number of amides is 2. The molecule has 2 amide bonds. The molecule has 9 heteroatoms. The van der Waals surface area contributed by atoms with Gasteiger partial charge in [0, 0.05) is 27.5 Å². The number of halogens is 3. The van der Waals surface area contributed by atoms with Crippen LogP contribution in [0.5, 0.6) is 5.75 Å². The number of ether oxygens (including phenoxy) is 1. The van der Waals surface area contributed by atoms with Crippen LogP contribution >= 0.6 is 55.2 Å². The van der Waals surface area contributed by atoms with E-state index in [9.17, 15) is 9.59 Å². The summed E-state index contributed by atoms with van der Waals surface area (Å²) < 4.78 is 7.54. The number of hydrogen-bond acceptors (Lipinski definition) is 4. The van der Waals surface area contributed by atoms with Crippen molar-refractivity contribution in [2.24, 2.45) is 4.99 Å². The Morgan fingerprint density at radius 3 is 2.79 bits per heavy atom. The first-order valence-electron chi connectivity index (χ1n) is 7.99. The van der Waals surface area contributed by atoms with Crippen molar-refractivity contribution >= 4 is 78.3 Å². The van der Waals surface area contributed by atoms with Gasteiger partial charge in [-0.25, -0.2) is 0 Å². The maximum Gasteiger partial charge on any atom is 0.286 e. The second-order valence-corrected chi connectivity index (χ2v) is 8.91. The molecule has 0 fully saturated rings. The van der Waals surface area contributed by atoms with Gasteiger partial charge in [0.15, 0.2) is 5.17 Å². The highest BCUT2D eigenvalue weighted by atomic mass is 79.9. The smallest absolute Gasteiger partial charge is 0.286 e. The van der Waals surface area contributed by atoms with Gasteiger partial charge in [-0.05, 0) is 52.0 Å². The highest BCUT2D eigenvalue weighted by molar-refractivity contribution is 9.11. The lowest BCUT2D eigenvalue weighted by molar-refractivity contribution is -0.117. The molecular weight excluding hydrogens is 532 g/mol. The average molecular weight is 545 g/mol. The van der Waals surface area contributed by atoms with Crippen molar-refractivity contribution in [1.29, 1.82) is 0 Å². The lowest BCUT2D eigenvalue weighted by atomic mass is 10.1. The van der Waals surface area contributed by atoms with Crippen molar-refractivity contribution in [3.63, 3.8) is 0 Å². The number of nitrogens with one attached hydrogen (secondary N) is 1. The van der Waals surface area contributed by atoms with Crippen LogP contribution in [-0.2, 0) is 16.2 Å². The van der Waals surface area contributed by atoms with Crippen LogP contribution in [0.1, 0.15) is 18.1 Å². The van der Waals surface area contributed by atoms with Crippen LogP contribution in [0.2, 0.25) is 5.02 Å². The first kappa shape index (κ1) is 21.1. The van der Waals surface area contributed by atoms with Gasteiger partial charge in [0.05, 0.1) is 9.38 Å². The largest absolute Gasteiger partial charge is 0.487 e. The molecule has 1 aliphatic rings. The Balaban J connectivity index is 1.88. The topological polar surface area (TPSA) is 67.8 Å². The van der Waals surface area contributed by atoms with Gasteiger partial charge in [-0.2, -0.15) is 4.99 Å². The summed E-state index contributed by atoms with van der Waals surface area (Å²) in [6, 6.07) is 11.1. The SMILES string of the molecule is CC(=O)NC1=NC(=O)/C(=C\c2cc(Br)cc(Br)c2OCc2ccccc2Cl)S1. The molecule has 0 saturated heterocycles. The Bertz CT molecular complexity index is 1020. The number of rotatable bonds is 4. The van der Waals surface area contributed by atoms with E-state index >= 15 is 0 Å². The summed E-state index contributed by atoms with van der Waals surface area (Å²) in [4.78, 5) is 27.6. The minimum atomic E-state index is -0.415. The minimum absolute atomic E-state index is 0.261. The van der Waals surface area contributed by atoms with Crippen LogP contribution in [0.4, 0.5) is 0 Å². The van der Waals surface area contributed by atoms with Gasteiger partial charge in [0.1, 0.15) is 12.4 Å². The molecule has 1 N–H and O–H groups in total. The molecule has 2 aromatic carbocycles. The maximum absolute atomic E-state index is 12.2. The summed E-state index contributed by atoms with van der Waals surface area (Å²) in [6.07, 6.45) is 1.68. The Morgan fingerprint density at radius 2 is 2.07 bits per heavy atom. The monoisotopic (exact) mass is 542 g/mol. The number of carbonyl (C=O) groups is 2. The molecule has 0 bridgehead atoms. The van der Waals surface area contributed by atoms with Crippen LogP contribution in [0.3, 0.4) is 0 Å². The Labute approximate surface area is 187 Å². The van der Waals surface area contributed by atoms with Gasteiger partial charge in [-0.1, -0.05) is 45.7 Å². The fourth-order valence-electron chi connectivity index (χ4n) is 2.36. The highest BCUT2D eigenvalue weighted by Gasteiger charge is 2.23. The standard InChI is InChI=1S/C19H13Br2ClN2O3S/c1-10(25)23-19-24-18(26)16(28-19)7-12-6-13(20)8-14(21)17(12)27-9-11-4-2-3-5-15(11)22/h2-8H,9H2,1H3,(H,23,24,25,26)/b16-7+. The number of benzene rings is 2. The van der Waals surface area contributed by atoms with Crippen LogP contribution in [0.15, 0.2) is 55.2 Å². The van der Waals surface area contributed by atoms with E-state index in [1.54, 1.807) is 12.1 Å². The molecule has 0 radical (unpaired) electrons. The average Bonchev–Trinajstić information content (AvgIpc) is 2.93. The van der Waals surface area contributed by atoms with Crippen LogP contribution in [0.25, 0.3) is 6.08 Å². The van der Waals surface area contributed by atoms with E-state index in [2.05, 4.69) is 42.2 Å². The lowest BCUT2D eigenvalue weighted by Gasteiger charge is -2.13. The molecule has 0 atom stereocenters. The van der Waals surface area contributed by atoms with Crippen LogP contribution < -0.4 is 10.1 Å². The Kier molecular flexibility index (Phi) is 6.98. The van der Waals surface area contributed by atoms with E-state index in [0.29, 0.717) is 21.2 Å². The summed E-state index contributed by atoms with van der Waals surface area (Å²) in [5.41, 5.74) is 1.53. The van der Waals surface area contributed by atoms with Gasteiger partial charge in [0.25, 0.3) is 5.91 Å². The minimum Gasteiger partial charge on any atom is -0.487 e. The van der Waals surface area contributed by atoms with Crippen LogP contribution in [-0.4, -0.2) is 17.0 Å². The zero-order chi connectivity index (χ0) is 20.3. The van der Waals surface area contributed by atoms with Crippen molar-refractivity contribution in [2.75, 3.05) is 0 Å². The first-order valence-corrected chi connectivity index (χ1v) is 10.8. The fourth-order valence-corrected chi connectivity index (χ4v) is 4.77. The number of amidine groups is 1. The quantitative estimate of drug-likeness (QED) is 0.513. The fraction of sp³-hybridized carbons (Fsp3) is 0.105. The molecule has 0 aliphatic carbocycles. The molecule has 0 spiro atoms. The van der Waals surface area contributed by atoms with E-state index in [0.717, 1.165) is 26.3 Å². The van der Waals surface area contributed by atoms with Crippen molar-refractivity contribution < 1.29 is 14.3 Å². The number of hydrogen-bond donors (Lipinski definition) is 1. The van der Waals surface area contributed by atoms with E-state index < -0.39 is 5.91 Å². The Hall–Kier alpha value is -1.61. The molecule has 144 valence electrons. The third-order valence-electron chi connectivity index (χ3n) is 3.56. The lowest BCUT2D eigenvalue weighted by Crippen LogP contribution is -2.23. The zero-order valence-electron chi connectivity index (χ0n) is 14.5. The molecule has 5 nitrogen and oxygen atoms in total. The molecule has 3 rings (SSSR count). The Morgan fingerprint density at radius 1 is 1.32 bits per heavy atom. The third-order valence-corrected chi connectivity index (χ3v) is 5.87. The zero-order valence-corrected chi connectivity index (χ0v) is 19.2. The van der Waals surface area contributed by atoms with Crippen molar-refractivity contribution in [3.05, 3.63) is 66.4 Å². The summed E-state index contributed by atoms with van der Waals surface area (Å²) in [5, 5.41) is 3.40. The molecular formula is C19H13Br2ClN2O3S. The summed E-state index contributed by atoms with van der Waals surface area (Å²) >= 11 is 14.3. The summed E-state index contributed by atoms with van der Waals surface area (Å²) in [6.45, 7) is 1.63. The van der Waals surface area contributed by atoms with E-state index in [1.807, 2.05) is 30.3 Å². The van der Waals surface area contributed by atoms with E-state index in [1.165, 1.54) is 6.92 Å². The molecule has 2 aromatic rings. The maximum atomic E-state index is 12.2. The predicted molar refractivity (Wildman–Crippen MR) is 119 cm³/mol. The van der Waals surface area contributed by atoms with Gasteiger partial charge in [-0.15, -0.1) is 0 Å². The molecule has 28 heavy (non-hydrogen) atoms. The molecule has 1 aliphatic heterocycles. The van der Waals surface area contributed by atoms with Gasteiger partial charge in [-0.3, -0.25) is 9.59 Å². The number of aliphatic imine (C=N–C) groups is 1. The van der Waals surface area contributed by atoms with Gasteiger partial charge in [0.2, 0.25) is 5.91 Å². The summed E-state index contributed by atoms with van der Waals surface area (Å²) in [7, 11) is 0. The van der Waals surface area contributed by atoms with Gasteiger partial charge < -0.3 is 10.1 Å². The third kappa shape index (κ3) is 5.26. The number of nitrogens with zero attached hydrogens (tertiary/aromatic N) is 1. The predicted octanol–water partition coefficient (Wildman–Crippen LogP) is 5.55. The van der Waals surface area contributed by atoms with Crippen LogP contribution in [0, 0.1) is 0 Å². The normalized spacial score (nSPS) is 14.9. The van der Waals surface area contributed by atoms with Gasteiger partial charge >= 0.3 is 0 Å². The van der Waals surface area contributed by atoms with E-state index in [-0.39, 0.29) is 17.7 Å². The summed E-state index contributed by atoms with van der Waals surface area (Å²) in [5.74, 6) is -0.131. The molecule has 0 unspecified atom stereocenters. The highest BCUT2D eigenvalue weighted by Crippen LogP contribution is 2.37. The van der Waals surface area contributed by atoms with Crippen molar-refractivity contribution in [3.8, 4) is 5.75 Å². The van der Waals surface area contributed by atoms with E-state index in [4.69, 9.17) is 16.3 Å². The van der Waals surface area contributed by atoms with Crippen molar-refractivity contribution in [1.82, 2.24) is 5.32 Å². The molecule has 0 aromatic heterocycles. The number of carbonyl (C=O) groups excluding carboxylic acids is 2. The first-order chi connectivity index (χ1) is 13.3. The number of thioether (sulfide) groups is 1. The molecule has 1 heterocycles. The molecule has 0 saturated carbocycles. The van der Waals surface area contributed by atoms with Crippen molar-refractivity contribution in [2.45, 2.75) is 13.5 Å².